The van der Waals surface area contributed by atoms with E-state index in [1.807, 2.05) is 11.8 Å². The fourth-order valence-electron chi connectivity index (χ4n) is 2.63. The molecule has 1 aromatic rings. The summed E-state index contributed by atoms with van der Waals surface area (Å²) in [6.45, 7) is 5.25. The lowest BCUT2D eigenvalue weighted by atomic mass is 10.0. The van der Waals surface area contributed by atoms with Gasteiger partial charge in [-0.15, -0.1) is 11.8 Å². The van der Waals surface area contributed by atoms with Gasteiger partial charge in [-0.05, 0) is 26.2 Å². The van der Waals surface area contributed by atoms with Crippen molar-refractivity contribution < 1.29 is 0 Å². The lowest BCUT2D eigenvalue weighted by molar-refractivity contribution is 0.515. The molecule has 0 spiro atoms. The molecule has 1 fully saturated rings. The molecule has 0 radical (unpaired) electrons. The number of hydrogen-bond donors (Lipinski definition) is 1. The topological polar surface area (TPSA) is 37.8 Å². The molecule has 1 aliphatic rings. The maximum absolute atomic E-state index is 4.55. The van der Waals surface area contributed by atoms with E-state index < -0.39 is 0 Å². The van der Waals surface area contributed by atoms with Crippen molar-refractivity contribution in [3.63, 3.8) is 0 Å². The number of hydrogen-bond acceptors (Lipinski definition) is 4. The Morgan fingerprint density at radius 1 is 1.21 bits per heavy atom. The van der Waals surface area contributed by atoms with Gasteiger partial charge in [-0.2, -0.15) is 0 Å². The zero-order valence-corrected chi connectivity index (χ0v) is 12.9. The Labute approximate surface area is 121 Å². The van der Waals surface area contributed by atoms with Crippen molar-refractivity contribution in [2.75, 3.05) is 11.9 Å². The molecule has 106 valence electrons. The SMILES string of the molecule is CCCc1c(NCC)ncnc1SC1CCCCC1. The van der Waals surface area contributed by atoms with Crippen molar-refractivity contribution in [1.82, 2.24) is 9.97 Å². The summed E-state index contributed by atoms with van der Waals surface area (Å²) in [5, 5.41) is 5.34. The minimum Gasteiger partial charge on any atom is -0.370 e. The first kappa shape index (κ1) is 14.6. The summed E-state index contributed by atoms with van der Waals surface area (Å²) >= 11 is 1.98. The van der Waals surface area contributed by atoms with E-state index in [1.54, 1.807) is 6.33 Å². The summed E-state index contributed by atoms with van der Waals surface area (Å²) in [6, 6.07) is 0. The summed E-state index contributed by atoms with van der Waals surface area (Å²) in [7, 11) is 0. The lowest BCUT2D eigenvalue weighted by Crippen LogP contribution is -2.11. The summed E-state index contributed by atoms with van der Waals surface area (Å²) in [6.07, 6.45) is 10.8. The first-order chi connectivity index (χ1) is 9.35. The van der Waals surface area contributed by atoms with E-state index in [2.05, 4.69) is 29.1 Å². The molecule has 4 heteroatoms. The Hall–Kier alpha value is -0.770. The van der Waals surface area contributed by atoms with Gasteiger partial charge in [-0.3, -0.25) is 0 Å². The van der Waals surface area contributed by atoms with E-state index in [-0.39, 0.29) is 0 Å². The molecule has 1 heterocycles. The molecule has 1 N–H and O–H groups in total. The minimum atomic E-state index is 0.758. The van der Waals surface area contributed by atoms with Crippen molar-refractivity contribution in [3.8, 4) is 0 Å². The smallest absolute Gasteiger partial charge is 0.133 e. The Morgan fingerprint density at radius 3 is 2.68 bits per heavy atom. The molecule has 1 aliphatic carbocycles. The van der Waals surface area contributed by atoms with Crippen molar-refractivity contribution in [1.29, 1.82) is 0 Å². The molecule has 19 heavy (non-hydrogen) atoms. The number of thioether (sulfide) groups is 1. The van der Waals surface area contributed by atoms with Gasteiger partial charge >= 0.3 is 0 Å². The first-order valence-corrected chi connectivity index (χ1v) is 8.47. The predicted octanol–water partition coefficient (Wildman–Crippen LogP) is 4.29. The molecule has 0 atom stereocenters. The summed E-state index contributed by atoms with van der Waals surface area (Å²) in [5.41, 5.74) is 1.32. The number of nitrogens with zero attached hydrogens (tertiary/aromatic N) is 2. The van der Waals surface area contributed by atoms with Crippen LogP contribution in [0, 0.1) is 0 Å². The van der Waals surface area contributed by atoms with Gasteiger partial charge in [-0.25, -0.2) is 9.97 Å². The highest BCUT2D eigenvalue weighted by atomic mass is 32.2. The molecule has 0 amide bonds. The van der Waals surface area contributed by atoms with E-state index in [0.29, 0.717) is 0 Å². The van der Waals surface area contributed by atoms with E-state index >= 15 is 0 Å². The fraction of sp³-hybridized carbons (Fsp3) is 0.733. The number of rotatable bonds is 6. The molecule has 2 rings (SSSR count). The largest absolute Gasteiger partial charge is 0.370 e. The van der Waals surface area contributed by atoms with Gasteiger partial charge in [0.15, 0.2) is 0 Å². The maximum atomic E-state index is 4.55. The fourth-order valence-corrected chi connectivity index (χ4v) is 3.97. The van der Waals surface area contributed by atoms with Crippen LogP contribution in [0.5, 0.6) is 0 Å². The van der Waals surface area contributed by atoms with Gasteiger partial charge in [0.1, 0.15) is 17.2 Å². The van der Waals surface area contributed by atoms with Crippen LogP contribution in [0.4, 0.5) is 5.82 Å². The molecule has 0 bridgehead atoms. The van der Waals surface area contributed by atoms with Crippen LogP contribution in [0.3, 0.4) is 0 Å². The third kappa shape index (κ3) is 4.10. The van der Waals surface area contributed by atoms with Crippen LogP contribution in [-0.2, 0) is 6.42 Å². The second-order valence-electron chi connectivity index (χ2n) is 5.16. The molecule has 0 saturated heterocycles. The zero-order chi connectivity index (χ0) is 13.5. The maximum Gasteiger partial charge on any atom is 0.133 e. The zero-order valence-electron chi connectivity index (χ0n) is 12.1. The Bertz CT molecular complexity index is 389. The van der Waals surface area contributed by atoms with E-state index in [0.717, 1.165) is 30.5 Å². The van der Waals surface area contributed by atoms with Gasteiger partial charge in [-0.1, -0.05) is 32.6 Å². The number of aromatic nitrogens is 2. The quantitative estimate of drug-likeness (QED) is 0.788. The van der Waals surface area contributed by atoms with Crippen LogP contribution in [0.15, 0.2) is 11.4 Å². The molecule has 3 nitrogen and oxygen atoms in total. The second kappa shape index (κ2) is 7.73. The minimum absolute atomic E-state index is 0.758. The van der Waals surface area contributed by atoms with Gasteiger partial charge in [0.25, 0.3) is 0 Å². The lowest BCUT2D eigenvalue weighted by Gasteiger charge is -2.22. The van der Waals surface area contributed by atoms with Crippen LogP contribution < -0.4 is 5.32 Å². The molecular formula is C15H25N3S. The highest BCUT2D eigenvalue weighted by molar-refractivity contribution is 7.99. The standard InChI is InChI=1S/C15H25N3S/c1-3-8-13-14(16-4-2)17-11-18-15(13)19-12-9-6-5-7-10-12/h11-12H,3-10H2,1-2H3,(H,16,17,18). The molecule has 1 saturated carbocycles. The highest BCUT2D eigenvalue weighted by Crippen LogP contribution is 2.35. The van der Waals surface area contributed by atoms with Gasteiger partial charge < -0.3 is 5.32 Å². The number of nitrogens with one attached hydrogen (secondary N) is 1. The van der Waals surface area contributed by atoms with Gasteiger partial charge in [0.05, 0.1) is 0 Å². The van der Waals surface area contributed by atoms with E-state index in [1.165, 1.54) is 42.7 Å². The molecule has 0 aromatic carbocycles. The van der Waals surface area contributed by atoms with Crippen LogP contribution >= 0.6 is 11.8 Å². The average Bonchev–Trinajstić information content (AvgIpc) is 2.44. The summed E-state index contributed by atoms with van der Waals surface area (Å²) < 4.78 is 0. The van der Waals surface area contributed by atoms with Crippen LogP contribution in [0.1, 0.15) is 57.9 Å². The molecule has 0 unspecified atom stereocenters. The second-order valence-corrected chi connectivity index (χ2v) is 6.45. The molecular weight excluding hydrogens is 254 g/mol. The average molecular weight is 279 g/mol. The highest BCUT2D eigenvalue weighted by Gasteiger charge is 2.18. The first-order valence-electron chi connectivity index (χ1n) is 7.59. The van der Waals surface area contributed by atoms with Crippen molar-refractivity contribution >= 4 is 17.6 Å². The molecule has 0 aliphatic heterocycles. The van der Waals surface area contributed by atoms with E-state index in [9.17, 15) is 0 Å². The number of anilines is 1. The Balaban J connectivity index is 2.14. The van der Waals surface area contributed by atoms with Crippen LogP contribution in [-0.4, -0.2) is 21.8 Å². The third-order valence-electron chi connectivity index (χ3n) is 3.58. The van der Waals surface area contributed by atoms with Crippen LogP contribution in [0.25, 0.3) is 0 Å². The summed E-state index contributed by atoms with van der Waals surface area (Å²) in [4.78, 5) is 8.95. The van der Waals surface area contributed by atoms with Gasteiger partial charge in [0.2, 0.25) is 0 Å². The van der Waals surface area contributed by atoms with Crippen molar-refractivity contribution in [2.24, 2.45) is 0 Å². The third-order valence-corrected chi connectivity index (χ3v) is 4.96. The van der Waals surface area contributed by atoms with Crippen molar-refractivity contribution in [3.05, 3.63) is 11.9 Å². The van der Waals surface area contributed by atoms with E-state index in [4.69, 9.17) is 0 Å². The van der Waals surface area contributed by atoms with Crippen molar-refractivity contribution in [2.45, 2.75) is 69.1 Å². The predicted molar refractivity (Wildman–Crippen MR) is 82.9 cm³/mol. The summed E-state index contributed by atoms with van der Waals surface area (Å²) in [5.74, 6) is 1.04. The Kier molecular flexibility index (Phi) is 5.95. The Morgan fingerprint density at radius 2 is 2.00 bits per heavy atom. The molecule has 1 aromatic heterocycles. The van der Waals surface area contributed by atoms with Gasteiger partial charge in [0, 0.05) is 17.4 Å². The normalized spacial score (nSPS) is 16.5. The monoisotopic (exact) mass is 279 g/mol. The van der Waals surface area contributed by atoms with Crippen LogP contribution in [0.2, 0.25) is 0 Å².